The van der Waals surface area contributed by atoms with Gasteiger partial charge in [0.05, 0.1) is 5.92 Å². The van der Waals surface area contributed by atoms with E-state index in [9.17, 15) is 13.2 Å². The molecule has 0 amide bonds. The van der Waals surface area contributed by atoms with Crippen LogP contribution in [0.15, 0.2) is 12.5 Å². The molecular weight excluding hydrogens is 245 g/mol. The van der Waals surface area contributed by atoms with Crippen molar-refractivity contribution in [2.75, 3.05) is 18.0 Å². The molecular formula is C11H15F3N4. The molecule has 0 unspecified atom stereocenters. The van der Waals surface area contributed by atoms with Crippen LogP contribution < -0.4 is 10.6 Å². The molecule has 0 bridgehead atoms. The fraction of sp³-hybridized carbons (Fsp3) is 0.636. The molecule has 0 spiro atoms. The fourth-order valence-electron chi connectivity index (χ4n) is 2.20. The van der Waals surface area contributed by atoms with Crippen molar-refractivity contribution in [2.24, 2.45) is 11.7 Å². The fourth-order valence-corrected chi connectivity index (χ4v) is 2.20. The average Bonchev–Trinajstić information content (AvgIpc) is 2.38. The minimum absolute atomic E-state index is 0.109. The quantitative estimate of drug-likeness (QED) is 0.879. The Balaban J connectivity index is 2.06. The molecule has 2 N–H and O–H groups in total. The second kappa shape index (κ2) is 5.09. The molecule has 0 saturated carbocycles. The Morgan fingerprint density at radius 2 is 2.00 bits per heavy atom. The highest BCUT2D eigenvalue weighted by Crippen LogP contribution is 2.35. The number of hydrogen-bond donors (Lipinski definition) is 1. The molecule has 4 nitrogen and oxygen atoms in total. The highest BCUT2D eigenvalue weighted by Gasteiger charge is 2.41. The van der Waals surface area contributed by atoms with Gasteiger partial charge in [0.1, 0.15) is 12.1 Å². The summed E-state index contributed by atoms with van der Waals surface area (Å²) in [5.41, 5.74) is 6.33. The molecule has 1 aliphatic rings. The zero-order valence-electron chi connectivity index (χ0n) is 9.82. The van der Waals surface area contributed by atoms with Gasteiger partial charge in [-0.3, -0.25) is 0 Å². The minimum atomic E-state index is -4.09. The smallest absolute Gasteiger partial charge is 0.356 e. The van der Waals surface area contributed by atoms with E-state index in [2.05, 4.69) is 9.97 Å². The van der Waals surface area contributed by atoms with Crippen molar-refractivity contribution in [3.05, 3.63) is 18.1 Å². The first-order chi connectivity index (χ1) is 8.52. The summed E-state index contributed by atoms with van der Waals surface area (Å²) in [5.74, 6) is -0.537. The molecule has 2 rings (SSSR count). The number of hydrogen-bond acceptors (Lipinski definition) is 4. The Labute approximate surface area is 103 Å². The van der Waals surface area contributed by atoms with Crippen LogP contribution >= 0.6 is 0 Å². The third-order valence-electron chi connectivity index (χ3n) is 3.24. The van der Waals surface area contributed by atoms with E-state index in [1.807, 2.05) is 4.90 Å². The van der Waals surface area contributed by atoms with Crippen molar-refractivity contribution in [3.8, 4) is 0 Å². The first-order valence-corrected chi connectivity index (χ1v) is 5.83. The van der Waals surface area contributed by atoms with E-state index in [1.165, 1.54) is 6.33 Å². The summed E-state index contributed by atoms with van der Waals surface area (Å²) in [7, 11) is 0. The van der Waals surface area contributed by atoms with Gasteiger partial charge in [0.15, 0.2) is 0 Å². The molecule has 1 aromatic rings. The molecule has 1 aliphatic heterocycles. The first-order valence-electron chi connectivity index (χ1n) is 5.83. The molecule has 0 radical (unpaired) electrons. The van der Waals surface area contributed by atoms with Gasteiger partial charge in [-0.2, -0.15) is 13.2 Å². The van der Waals surface area contributed by atoms with Crippen LogP contribution in [-0.4, -0.2) is 29.2 Å². The van der Waals surface area contributed by atoms with Crippen molar-refractivity contribution in [1.29, 1.82) is 0 Å². The summed E-state index contributed by atoms with van der Waals surface area (Å²) < 4.78 is 37.7. The molecule has 1 aromatic heterocycles. The molecule has 0 aliphatic carbocycles. The minimum Gasteiger partial charge on any atom is -0.356 e. The lowest BCUT2D eigenvalue weighted by atomic mass is 9.96. The lowest BCUT2D eigenvalue weighted by Crippen LogP contribution is -2.39. The molecule has 0 aromatic carbocycles. The maximum absolute atomic E-state index is 12.6. The molecule has 1 saturated heterocycles. The highest BCUT2D eigenvalue weighted by molar-refractivity contribution is 5.45. The Hall–Kier alpha value is -1.37. The van der Waals surface area contributed by atoms with Crippen LogP contribution in [0.5, 0.6) is 0 Å². The van der Waals surface area contributed by atoms with Gasteiger partial charge >= 0.3 is 6.18 Å². The summed E-state index contributed by atoms with van der Waals surface area (Å²) in [5, 5.41) is 0. The average molecular weight is 260 g/mol. The monoisotopic (exact) mass is 260 g/mol. The van der Waals surface area contributed by atoms with Crippen molar-refractivity contribution in [3.63, 3.8) is 0 Å². The number of halogens is 3. The molecule has 100 valence electrons. The number of anilines is 1. The summed E-state index contributed by atoms with van der Waals surface area (Å²) in [6, 6.07) is 0. The molecule has 18 heavy (non-hydrogen) atoms. The zero-order chi connectivity index (χ0) is 13.2. The van der Waals surface area contributed by atoms with E-state index in [0.717, 1.165) is 5.56 Å². The van der Waals surface area contributed by atoms with E-state index in [-0.39, 0.29) is 19.4 Å². The van der Waals surface area contributed by atoms with E-state index in [0.29, 0.717) is 18.9 Å². The largest absolute Gasteiger partial charge is 0.391 e. The van der Waals surface area contributed by atoms with Gasteiger partial charge in [-0.05, 0) is 12.8 Å². The second-order valence-corrected chi connectivity index (χ2v) is 4.38. The van der Waals surface area contributed by atoms with E-state index in [4.69, 9.17) is 5.73 Å². The van der Waals surface area contributed by atoms with Gasteiger partial charge in [-0.1, -0.05) is 0 Å². The van der Waals surface area contributed by atoms with Crippen molar-refractivity contribution in [2.45, 2.75) is 25.6 Å². The summed E-state index contributed by atoms with van der Waals surface area (Å²) in [6.45, 7) is 0.998. The topological polar surface area (TPSA) is 55.0 Å². The SMILES string of the molecule is NCc1cncnc1N1CCC(C(F)(F)F)CC1. The maximum Gasteiger partial charge on any atom is 0.391 e. The first kappa shape index (κ1) is 13.1. The lowest BCUT2D eigenvalue weighted by Gasteiger charge is -2.34. The van der Waals surface area contributed by atoms with E-state index >= 15 is 0 Å². The number of rotatable bonds is 2. The Kier molecular flexibility index (Phi) is 3.70. The van der Waals surface area contributed by atoms with Crippen LogP contribution in [0.3, 0.4) is 0 Å². The van der Waals surface area contributed by atoms with Crippen LogP contribution in [0, 0.1) is 5.92 Å². The summed E-state index contributed by atoms with van der Waals surface area (Å²) in [4.78, 5) is 9.83. The molecule has 7 heteroatoms. The van der Waals surface area contributed by atoms with E-state index < -0.39 is 12.1 Å². The van der Waals surface area contributed by atoms with Gasteiger partial charge in [-0.15, -0.1) is 0 Å². The van der Waals surface area contributed by atoms with Crippen LogP contribution in [0.4, 0.5) is 19.0 Å². The van der Waals surface area contributed by atoms with Gasteiger partial charge in [-0.25, -0.2) is 9.97 Å². The zero-order valence-corrected chi connectivity index (χ0v) is 9.82. The number of nitrogens with two attached hydrogens (primary N) is 1. The summed E-state index contributed by atoms with van der Waals surface area (Å²) in [6.07, 6.45) is -0.869. The predicted molar refractivity (Wildman–Crippen MR) is 60.9 cm³/mol. The molecule has 0 atom stereocenters. The van der Waals surface area contributed by atoms with Gasteiger partial charge in [0, 0.05) is 31.4 Å². The Morgan fingerprint density at radius 3 is 2.56 bits per heavy atom. The van der Waals surface area contributed by atoms with Crippen molar-refractivity contribution in [1.82, 2.24) is 9.97 Å². The van der Waals surface area contributed by atoms with Crippen molar-refractivity contribution < 1.29 is 13.2 Å². The van der Waals surface area contributed by atoms with E-state index in [1.54, 1.807) is 6.20 Å². The number of alkyl halides is 3. The summed E-state index contributed by atoms with van der Waals surface area (Å²) >= 11 is 0. The van der Waals surface area contributed by atoms with Gasteiger partial charge < -0.3 is 10.6 Å². The highest BCUT2D eigenvalue weighted by atomic mass is 19.4. The van der Waals surface area contributed by atoms with Crippen LogP contribution in [-0.2, 0) is 6.54 Å². The van der Waals surface area contributed by atoms with Crippen LogP contribution in [0.1, 0.15) is 18.4 Å². The predicted octanol–water partition coefficient (Wildman–Crippen LogP) is 1.71. The maximum atomic E-state index is 12.6. The number of nitrogens with zero attached hydrogens (tertiary/aromatic N) is 3. The van der Waals surface area contributed by atoms with Crippen LogP contribution in [0.2, 0.25) is 0 Å². The van der Waals surface area contributed by atoms with Crippen molar-refractivity contribution >= 4 is 5.82 Å². The lowest BCUT2D eigenvalue weighted by molar-refractivity contribution is -0.179. The number of aromatic nitrogens is 2. The second-order valence-electron chi connectivity index (χ2n) is 4.38. The number of piperidine rings is 1. The normalized spacial score (nSPS) is 18.1. The molecule has 2 heterocycles. The van der Waals surface area contributed by atoms with Crippen LogP contribution in [0.25, 0.3) is 0 Å². The Morgan fingerprint density at radius 1 is 1.33 bits per heavy atom. The standard InChI is InChI=1S/C11H15F3N4/c12-11(13,14)9-1-3-18(4-2-9)10-8(5-15)6-16-7-17-10/h6-7,9H,1-5,15H2. The Bertz CT molecular complexity index is 400. The molecule has 1 fully saturated rings. The van der Waals surface area contributed by atoms with Gasteiger partial charge in [0.2, 0.25) is 0 Å². The van der Waals surface area contributed by atoms with Gasteiger partial charge in [0.25, 0.3) is 0 Å². The third kappa shape index (κ3) is 2.72. The third-order valence-corrected chi connectivity index (χ3v) is 3.24.